The molecular weight excluding hydrogens is 943 g/mol. The Morgan fingerprint density at radius 3 is 1.29 bits per heavy atom. The number of rotatable bonds is 24. The molecule has 1 rings (SSSR count). The van der Waals surface area contributed by atoms with Gasteiger partial charge in [0.15, 0.2) is 0 Å². The monoisotopic (exact) mass is 1040 g/mol. The summed E-state index contributed by atoms with van der Waals surface area (Å²) >= 11 is 0. The van der Waals surface area contributed by atoms with Gasteiger partial charge in [-0.3, -0.25) is 43.2 Å². The van der Waals surface area contributed by atoms with Gasteiger partial charge in [-0.25, -0.2) is 4.79 Å². The fourth-order valence-electron chi connectivity index (χ4n) is 8.57. The lowest BCUT2D eigenvalue weighted by atomic mass is 9.98. The molecule has 0 aromatic carbocycles. The van der Waals surface area contributed by atoms with E-state index in [4.69, 9.17) is 4.74 Å². The van der Waals surface area contributed by atoms with Crippen LogP contribution in [0.5, 0.6) is 0 Å². The van der Waals surface area contributed by atoms with E-state index in [1.54, 1.807) is 55.4 Å². The first kappa shape index (κ1) is 65.7. The summed E-state index contributed by atoms with van der Waals surface area (Å²) in [6.45, 7) is 22.0. The number of unbranched alkanes of at least 4 members (excludes halogenated alkanes) is 6. The van der Waals surface area contributed by atoms with Gasteiger partial charge in [0.1, 0.15) is 48.4 Å². The van der Waals surface area contributed by atoms with Crippen LogP contribution in [0, 0.1) is 35.5 Å². The maximum Gasteiger partial charge on any atom is 0.328 e. The zero-order chi connectivity index (χ0) is 55.5. The molecule has 1 saturated heterocycles. The second kappa shape index (κ2) is 34.2. The predicted octanol–water partition coefficient (Wildman–Crippen LogP) is 5.04. The van der Waals surface area contributed by atoms with E-state index in [1.165, 1.54) is 0 Å². The largest absolute Gasteiger partial charge is 0.481 e. The summed E-state index contributed by atoms with van der Waals surface area (Å²) in [5.74, 6) is -10.1. The van der Waals surface area contributed by atoms with E-state index >= 15 is 0 Å². The minimum Gasteiger partial charge on any atom is -0.481 e. The third-order valence-corrected chi connectivity index (χ3v) is 12.4. The predicted molar refractivity (Wildman–Crippen MR) is 276 cm³/mol. The summed E-state index contributed by atoms with van der Waals surface area (Å²) in [4.78, 5) is 137. The Morgan fingerprint density at radius 2 is 0.849 bits per heavy atom. The average Bonchev–Trinajstić information content (AvgIpc) is 3.26. The van der Waals surface area contributed by atoms with E-state index in [1.807, 2.05) is 13.8 Å². The van der Waals surface area contributed by atoms with Crippen molar-refractivity contribution in [3.8, 4) is 0 Å². The Kier molecular flexibility index (Phi) is 30.8. The van der Waals surface area contributed by atoms with Gasteiger partial charge >= 0.3 is 17.9 Å². The number of hydrogen-bond acceptors (Lipinski definition) is 11. The second-order valence-corrected chi connectivity index (χ2v) is 22.4. The van der Waals surface area contributed by atoms with Crippen molar-refractivity contribution < 1.29 is 62.9 Å². The van der Waals surface area contributed by atoms with Gasteiger partial charge in [0, 0.05) is 6.42 Å². The molecule has 0 aliphatic carbocycles. The molecule has 0 radical (unpaired) electrons. The van der Waals surface area contributed by atoms with Crippen LogP contribution >= 0.6 is 0 Å². The normalized spacial score (nSPS) is 24.0. The van der Waals surface area contributed by atoms with Gasteiger partial charge in [-0.05, 0) is 80.5 Å². The Morgan fingerprint density at radius 1 is 0.452 bits per heavy atom. The number of carbonyl (C=O) groups excluding carboxylic acids is 8. The van der Waals surface area contributed by atoms with E-state index in [2.05, 4.69) is 51.1 Å². The van der Waals surface area contributed by atoms with Crippen LogP contribution in [0.2, 0.25) is 0 Å². The Hall–Kier alpha value is -5.30. The highest BCUT2D eigenvalue weighted by Crippen LogP contribution is 2.19. The molecule has 0 aromatic rings. The number of ether oxygens (including phenoxy) is 1. The van der Waals surface area contributed by atoms with Gasteiger partial charge in [-0.2, -0.15) is 0 Å². The van der Waals surface area contributed by atoms with Gasteiger partial charge in [0.25, 0.3) is 0 Å². The number of aliphatic carboxylic acids is 2. The van der Waals surface area contributed by atoms with Crippen LogP contribution in [0.15, 0.2) is 0 Å². The summed E-state index contributed by atoms with van der Waals surface area (Å²) in [6.07, 6.45) is 5.02. The second-order valence-electron chi connectivity index (χ2n) is 22.4. The molecule has 9 N–H and O–H groups in total. The molecule has 0 aromatic heterocycles. The minimum absolute atomic E-state index is 0.0393. The van der Waals surface area contributed by atoms with E-state index in [9.17, 15) is 58.2 Å². The number of carboxylic acid groups (broad SMARTS) is 2. The van der Waals surface area contributed by atoms with E-state index < -0.39 is 133 Å². The average molecular weight is 1040 g/mol. The number of esters is 1. The smallest absolute Gasteiger partial charge is 0.328 e. The molecule has 0 bridgehead atoms. The molecule has 8 atom stereocenters. The van der Waals surface area contributed by atoms with Gasteiger partial charge in [0.2, 0.25) is 41.4 Å². The molecule has 1 fully saturated rings. The fraction of sp³-hybridized carbons (Fsp3) is 0.811. The highest BCUT2D eigenvalue weighted by atomic mass is 16.5. The zero-order valence-electron chi connectivity index (χ0n) is 46.0. The van der Waals surface area contributed by atoms with Gasteiger partial charge < -0.3 is 52.2 Å². The van der Waals surface area contributed by atoms with Crippen molar-refractivity contribution in [2.45, 2.75) is 241 Å². The topological polar surface area (TPSA) is 305 Å². The number of amides is 7. The lowest BCUT2D eigenvalue weighted by Crippen LogP contribution is -2.61. The molecular formula is C53H93N7O13. The standard InChI is InChI=1S/C53H93N7O13/c1-30(2)20-18-16-14-13-15-17-19-21-36-28-43(61)54-37(22-23-44(62)63)47(66)55-38(24-31(3)4)48(67)57-40(26-33(7)8)51(70)60-46(35(11)12)52(71)58-41(29-45(64)65)50(69)56-39(25-32(5)6)49(68)59-42(27-34(9)10)53(72)73-36/h30-42,46H,13-29H2,1-12H3,(H,54,61)(H,55,66)(H,56,69)(H,57,67)(H,58,71)(H,59,68)(H,60,70)(H,62,63)(H,64,65)/t36-,37+,38+,39-,40-,41+,42+,46+/m1/s1. The molecule has 418 valence electrons. The van der Waals surface area contributed by atoms with Crippen LogP contribution in [-0.2, 0) is 52.7 Å². The highest BCUT2D eigenvalue weighted by molar-refractivity contribution is 5.98. The van der Waals surface area contributed by atoms with Crippen molar-refractivity contribution in [3.63, 3.8) is 0 Å². The first-order valence-electron chi connectivity index (χ1n) is 26.8. The van der Waals surface area contributed by atoms with Crippen molar-refractivity contribution in [1.82, 2.24) is 37.2 Å². The molecule has 1 aliphatic rings. The molecule has 0 spiro atoms. The van der Waals surface area contributed by atoms with Crippen molar-refractivity contribution >= 4 is 59.3 Å². The van der Waals surface area contributed by atoms with Gasteiger partial charge in [-0.15, -0.1) is 0 Å². The summed E-state index contributed by atoms with van der Waals surface area (Å²) in [5, 5.41) is 37.9. The van der Waals surface area contributed by atoms with Crippen molar-refractivity contribution in [2.24, 2.45) is 35.5 Å². The first-order chi connectivity index (χ1) is 34.1. The Labute approximate surface area is 434 Å². The highest BCUT2D eigenvalue weighted by Gasteiger charge is 2.37. The quantitative estimate of drug-likeness (QED) is 0.0453. The van der Waals surface area contributed by atoms with Crippen molar-refractivity contribution in [1.29, 1.82) is 0 Å². The van der Waals surface area contributed by atoms with Crippen molar-refractivity contribution in [3.05, 3.63) is 0 Å². The fourth-order valence-corrected chi connectivity index (χ4v) is 8.57. The van der Waals surface area contributed by atoms with Crippen LogP contribution < -0.4 is 37.2 Å². The summed E-state index contributed by atoms with van der Waals surface area (Å²) < 4.78 is 6.04. The summed E-state index contributed by atoms with van der Waals surface area (Å²) in [5.41, 5.74) is 0. The minimum atomic E-state index is -1.72. The molecule has 0 unspecified atom stereocenters. The molecule has 1 aliphatic heterocycles. The van der Waals surface area contributed by atoms with Crippen LogP contribution in [-0.4, -0.2) is 118 Å². The SMILES string of the molecule is CC(C)CCCCCCCCC[C@@H]1CC(=O)N[C@@H](CCC(=O)O)C(=O)N[C@@H](CC(C)C)C(=O)N[C@H](CC(C)C)C(=O)N[C@@H](C(C)C)C(=O)N[C@@H](CC(=O)O)C(=O)N[C@H](CC(C)C)C(=O)N[C@@H](CC(C)C)C(=O)O1. The molecule has 20 heteroatoms. The van der Waals surface area contributed by atoms with Crippen molar-refractivity contribution in [2.75, 3.05) is 0 Å². The molecule has 7 amide bonds. The van der Waals surface area contributed by atoms with Crippen LogP contribution in [0.3, 0.4) is 0 Å². The third kappa shape index (κ3) is 28.1. The molecule has 20 nitrogen and oxygen atoms in total. The van der Waals surface area contributed by atoms with E-state index in [0.717, 1.165) is 44.9 Å². The van der Waals surface area contributed by atoms with Crippen LogP contribution in [0.1, 0.15) is 192 Å². The lowest BCUT2D eigenvalue weighted by molar-refractivity contribution is -0.155. The molecule has 0 saturated carbocycles. The zero-order valence-corrected chi connectivity index (χ0v) is 46.0. The Balaban J connectivity index is 3.95. The van der Waals surface area contributed by atoms with Crippen LogP contribution in [0.4, 0.5) is 0 Å². The van der Waals surface area contributed by atoms with Gasteiger partial charge in [-0.1, -0.05) is 128 Å². The number of carboxylic acids is 2. The molecule has 73 heavy (non-hydrogen) atoms. The Bertz CT molecular complexity index is 1800. The number of carbonyl (C=O) groups is 10. The number of cyclic esters (lactones) is 1. The maximum atomic E-state index is 14.2. The van der Waals surface area contributed by atoms with Crippen LogP contribution in [0.25, 0.3) is 0 Å². The van der Waals surface area contributed by atoms with Gasteiger partial charge in [0.05, 0.1) is 12.8 Å². The lowest BCUT2D eigenvalue weighted by Gasteiger charge is -2.29. The maximum absolute atomic E-state index is 14.2. The molecule has 1 heterocycles. The number of nitrogens with one attached hydrogen (secondary N) is 7. The van der Waals surface area contributed by atoms with E-state index in [0.29, 0.717) is 12.3 Å². The number of hydrogen-bond donors (Lipinski definition) is 9. The summed E-state index contributed by atoms with van der Waals surface area (Å²) in [6, 6.07) is -9.64. The summed E-state index contributed by atoms with van der Waals surface area (Å²) in [7, 11) is 0. The first-order valence-corrected chi connectivity index (χ1v) is 26.8. The van der Waals surface area contributed by atoms with E-state index in [-0.39, 0.29) is 62.2 Å². The third-order valence-electron chi connectivity index (χ3n) is 12.4.